The van der Waals surface area contributed by atoms with Gasteiger partial charge in [0, 0.05) is 23.9 Å². The molecule has 1 amide bonds. The van der Waals surface area contributed by atoms with Crippen LogP contribution in [0.25, 0.3) is 5.65 Å². The summed E-state index contributed by atoms with van der Waals surface area (Å²) in [6.07, 6.45) is 7.36. The molecule has 1 fully saturated rings. The molecular formula is C25H32N4O. The number of aromatic nitrogens is 3. The van der Waals surface area contributed by atoms with Gasteiger partial charge in [0.2, 0.25) is 5.91 Å². The van der Waals surface area contributed by atoms with E-state index in [0.717, 1.165) is 28.3 Å². The van der Waals surface area contributed by atoms with Crippen molar-refractivity contribution < 1.29 is 4.79 Å². The van der Waals surface area contributed by atoms with Gasteiger partial charge in [0.25, 0.3) is 0 Å². The lowest BCUT2D eigenvalue weighted by molar-refractivity contribution is -0.122. The van der Waals surface area contributed by atoms with E-state index < -0.39 is 0 Å². The van der Waals surface area contributed by atoms with E-state index in [1.165, 1.54) is 37.7 Å². The lowest BCUT2D eigenvalue weighted by Gasteiger charge is -2.31. The Labute approximate surface area is 178 Å². The van der Waals surface area contributed by atoms with Crippen LogP contribution in [0.15, 0.2) is 36.4 Å². The lowest BCUT2D eigenvalue weighted by atomic mass is 9.81. The summed E-state index contributed by atoms with van der Waals surface area (Å²) in [6.45, 7) is 6.07. The Morgan fingerprint density at radius 3 is 2.60 bits per heavy atom. The molecule has 0 radical (unpaired) electrons. The number of benzene rings is 1. The number of carbonyl (C=O) groups is 1. The van der Waals surface area contributed by atoms with E-state index >= 15 is 0 Å². The smallest absolute Gasteiger partial charge is 0.220 e. The maximum atomic E-state index is 13.0. The Balaban J connectivity index is 1.48. The van der Waals surface area contributed by atoms with Crippen LogP contribution >= 0.6 is 0 Å². The van der Waals surface area contributed by atoms with Crippen molar-refractivity contribution in [3.05, 3.63) is 64.6 Å². The Morgan fingerprint density at radius 2 is 1.87 bits per heavy atom. The second-order valence-electron chi connectivity index (χ2n) is 8.67. The summed E-state index contributed by atoms with van der Waals surface area (Å²) in [5, 5.41) is 7.92. The van der Waals surface area contributed by atoms with Crippen molar-refractivity contribution in [2.24, 2.45) is 5.92 Å². The van der Waals surface area contributed by atoms with Crippen molar-refractivity contribution in [2.75, 3.05) is 0 Å². The molecule has 1 unspecified atom stereocenters. The van der Waals surface area contributed by atoms with Gasteiger partial charge in [-0.25, -0.2) is 9.50 Å². The Bertz CT molecular complexity index is 1020. The molecule has 30 heavy (non-hydrogen) atoms. The van der Waals surface area contributed by atoms with Gasteiger partial charge in [-0.05, 0) is 57.1 Å². The van der Waals surface area contributed by atoms with Gasteiger partial charge in [-0.15, -0.1) is 0 Å². The molecule has 1 atom stereocenters. The van der Waals surface area contributed by atoms with E-state index in [2.05, 4.69) is 46.6 Å². The Kier molecular flexibility index (Phi) is 6.16. The maximum absolute atomic E-state index is 13.0. The first-order chi connectivity index (χ1) is 14.5. The predicted octanol–water partition coefficient (Wildman–Crippen LogP) is 5.02. The molecule has 5 heteroatoms. The van der Waals surface area contributed by atoms with E-state index in [9.17, 15) is 4.79 Å². The summed E-state index contributed by atoms with van der Waals surface area (Å²) in [5.41, 5.74) is 6.23. The third-order valence-electron chi connectivity index (χ3n) is 6.48. The van der Waals surface area contributed by atoms with Crippen molar-refractivity contribution in [3.8, 4) is 0 Å². The molecule has 1 aromatic carbocycles. The molecule has 0 aliphatic heterocycles. The normalized spacial score (nSPS) is 16.0. The Hall–Kier alpha value is -2.69. The summed E-state index contributed by atoms with van der Waals surface area (Å²) < 4.78 is 1.89. The largest absolute Gasteiger partial charge is 0.349 e. The number of nitrogens with zero attached hydrogens (tertiary/aromatic N) is 3. The molecule has 0 bridgehead atoms. The molecule has 1 aliphatic carbocycles. The molecule has 5 nitrogen and oxygen atoms in total. The van der Waals surface area contributed by atoms with Crippen molar-refractivity contribution in [1.82, 2.24) is 19.9 Å². The standard InChI is InChI=1S/C25H32N4O/c1-17-16-23-26-18(2)22(19(3)29(23)28-17)14-15-24(30)27-25(20-10-6-4-7-11-20)21-12-8-5-9-13-21/h4,6-7,10-11,16,21,25H,5,8-9,12-15H2,1-3H3,(H,27,30). The Morgan fingerprint density at radius 1 is 1.13 bits per heavy atom. The van der Waals surface area contributed by atoms with Crippen molar-refractivity contribution >= 4 is 11.6 Å². The minimum atomic E-state index is 0.107. The number of fused-ring (bicyclic) bond motifs is 1. The predicted molar refractivity (Wildman–Crippen MR) is 119 cm³/mol. The first-order valence-corrected chi connectivity index (χ1v) is 11.2. The third-order valence-corrected chi connectivity index (χ3v) is 6.48. The average molecular weight is 405 g/mol. The van der Waals surface area contributed by atoms with Crippen LogP contribution in [0.3, 0.4) is 0 Å². The first-order valence-electron chi connectivity index (χ1n) is 11.2. The van der Waals surface area contributed by atoms with Crippen LogP contribution in [0.1, 0.15) is 72.8 Å². The second kappa shape index (κ2) is 8.99. The van der Waals surface area contributed by atoms with E-state index in [0.29, 0.717) is 18.8 Å². The fraction of sp³-hybridized carbons (Fsp3) is 0.480. The summed E-state index contributed by atoms with van der Waals surface area (Å²) in [5.74, 6) is 0.642. The first kappa shape index (κ1) is 20.6. The van der Waals surface area contributed by atoms with Gasteiger partial charge in [-0.3, -0.25) is 4.79 Å². The number of hydrogen-bond donors (Lipinski definition) is 1. The number of rotatable bonds is 6. The van der Waals surface area contributed by atoms with Crippen LogP contribution in [0.2, 0.25) is 0 Å². The average Bonchev–Trinajstić information content (AvgIpc) is 3.13. The minimum absolute atomic E-state index is 0.107. The summed E-state index contributed by atoms with van der Waals surface area (Å²) in [4.78, 5) is 17.7. The number of carbonyl (C=O) groups excluding carboxylic acids is 1. The van der Waals surface area contributed by atoms with Crippen molar-refractivity contribution in [1.29, 1.82) is 0 Å². The SMILES string of the molecule is Cc1cc2nc(C)c(CCC(=O)NC(c3ccccc3)C3CCCCC3)c(C)n2n1. The topological polar surface area (TPSA) is 59.3 Å². The molecule has 1 N–H and O–H groups in total. The quantitative estimate of drug-likeness (QED) is 0.627. The van der Waals surface area contributed by atoms with Crippen molar-refractivity contribution in [2.45, 2.75) is 71.8 Å². The number of amides is 1. The highest BCUT2D eigenvalue weighted by molar-refractivity contribution is 5.77. The van der Waals surface area contributed by atoms with Gasteiger partial charge in [0.05, 0.1) is 11.7 Å². The highest BCUT2D eigenvalue weighted by Crippen LogP contribution is 2.34. The molecule has 0 saturated heterocycles. The number of hydrogen-bond acceptors (Lipinski definition) is 3. The van der Waals surface area contributed by atoms with Crippen LogP contribution in [-0.4, -0.2) is 20.5 Å². The van der Waals surface area contributed by atoms with Crippen LogP contribution in [0.5, 0.6) is 0 Å². The molecular weight excluding hydrogens is 372 g/mol. The van der Waals surface area contributed by atoms with E-state index in [1.54, 1.807) is 0 Å². The van der Waals surface area contributed by atoms with E-state index in [4.69, 9.17) is 0 Å². The summed E-state index contributed by atoms with van der Waals surface area (Å²) in [6, 6.07) is 12.6. The van der Waals surface area contributed by atoms with Gasteiger partial charge < -0.3 is 5.32 Å². The zero-order valence-corrected chi connectivity index (χ0v) is 18.3. The minimum Gasteiger partial charge on any atom is -0.349 e. The fourth-order valence-electron chi connectivity index (χ4n) is 4.89. The molecule has 158 valence electrons. The lowest BCUT2D eigenvalue weighted by Crippen LogP contribution is -2.34. The monoisotopic (exact) mass is 404 g/mol. The third kappa shape index (κ3) is 4.40. The van der Waals surface area contributed by atoms with Gasteiger partial charge in [-0.1, -0.05) is 49.6 Å². The molecule has 1 aliphatic rings. The fourth-order valence-corrected chi connectivity index (χ4v) is 4.89. The molecule has 2 aromatic heterocycles. The van der Waals surface area contributed by atoms with Crippen LogP contribution < -0.4 is 5.32 Å². The van der Waals surface area contributed by atoms with E-state index in [1.807, 2.05) is 30.5 Å². The van der Waals surface area contributed by atoms with Gasteiger partial charge >= 0.3 is 0 Å². The number of aryl methyl sites for hydroxylation is 3. The zero-order chi connectivity index (χ0) is 21.1. The highest BCUT2D eigenvalue weighted by Gasteiger charge is 2.26. The summed E-state index contributed by atoms with van der Waals surface area (Å²) >= 11 is 0. The van der Waals surface area contributed by atoms with E-state index in [-0.39, 0.29) is 11.9 Å². The maximum Gasteiger partial charge on any atom is 0.220 e. The van der Waals surface area contributed by atoms with Gasteiger partial charge in [0.15, 0.2) is 5.65 Å². The molecule has 4 rings (SSSR count). The molecule has 3 aromatic rings. The highest BCUT2D eigenvalue weighted by atomic mass is 16.1. The van der Waals surface area contributed by atoms with Crippen LogP contribution in [0.4, 0.5) is 0 Å². The molecule has 0 spiro atoms. The zero-order valence-electron chi connectivity index (χ0n) is 18.3. The van der Waals surface area contributed by atoms with Crippen LogP contribution in [0, 0.1) is 26.7 Å². The number of nitrogens with one attached hydrogen (secondary N) is 1. The molecule has 1 saturated carbocycles. The van der Waals surface area contributed by atoms with Crippen molar-refractivity contribution in [3.63, 3.8) is 0 Å². The summed E-state index contributed by atoms with van der Waals surface area (Å²) in [7, 11) is 0. The van der Waals surface area contributed by atoms with Gasteiger partial charge in [-0.2, -0.15) is 5.10 Å². The van der Waals surface area contributed by atoms with Gasteiger partial charge in [0.1, 0.15) is 0 Å². The molecule has 2 heterocycles. The van der Waals surface area contributed by atoms with Crippen LogP contribution in [-0.2, 0) is 11.2 Å². The second-order valence-corrected chi connectivity index (χ2v) is 8.67.